The van der Waals surface area contributed by atoms with E-state index in [1.807, 2.05) is 88.8 Å². The van der Waals surface area contributed by atoms with Crippen LogP contribution in [0.5, 0.6) is 0 Å². The van der Waals surface area contributed by atoms with Crippen LogP contribution >= 0.6 is 0 Å². The van der Waals surface area contributed by atoms with Crippen molar-refractivity contribution in [1.29, 1.82) is 0 Å². The summed E-state index contributed by atoms with van der Waals surface area (Å²) < 4.78 is 34.0. The summed E-state index contributed by atoms with van der Waals surface area (Å²) in [7, 11) is 5.33. The zero-order valence-electron chi connectivity index (χ0n) is 43.7. The number of amides is 1. The fourth-order valence-electron chi connectivity index (χ4n) is 11.4. The fourth-order valence-corrected chi connectivity index (χ4v) is 11.4. The van der Waals surface area contributed by atoms with E-state index in [4.69, 9.17) is 23.7 Å². The monoisotopic (exact) mass is 975 g/mol. The lowest BCUT2D eigenvalue weighted by Gasteiger charge is -2.51. The number of nitrogens with zero attached hydrogens (tertiary/aromatic N) is 5. The summed E-state index contributed by atoms with van der Waals surface area (Å²) in [5.74, 6) is -3.24. The number of benzene rings is 1. The van der Waals surface area contributed by atoms with Crippen molar-refractivity contribution in [2.75, 3.05) is 39.6 Å². The van der Waals surface area contributed by atoms with Gasteiger partial charge in [0.1, 0.15) is 30.0 Å². The Bertz CT molecular complexity index is 1950. The first-order valence-corrected chi connectivity index (χ1v) is 25.1. The number of aromatic nitrogens is 3. The average molecular weight is 975 g/mol. The van der Waals surface area contributed by atoms with Crippen LogP contribution in [0.1, 0.15) is 113 Å². The van der Waals surface area contributed by atoms with E-state index in [1.165, 1.54) is 21.0 Å². The number of aryl methyl sites for hydroxylation is 2. The molecule has 0 saturated carbocycles. The molecule has 1 amide bonds. The first-order chi connectivity index (χ1) is 32.2. The van der Waals surface area contributed by atoms with Gasteiger partial charge in [0.05, 0.1) is 47.2 Å². The highest BCUT2D eigenvalue weighted by Crippen LogP contribution is 2.45. The molecular formula is C51H86N6O12. The minimum absolute atomic E-state index is 0.118. The minimum Gasteiger partial charge on any atom is -0.459 e. The van der Waals surface area contributed by atoms with Crippen LogP contribution in [0.3, 0.4) is 0 Å². The van der Waals surface area contributed by atoms with E-state index in [9.17, 15) is 35.1 Å². The van der Waals surface area contributed by atoms with Crippen LogP contribution in [0.4, 0.5) is 5.69 Å². The van der Waals surface area contributed by atoms with Crippen molar-refractivity contribution in [2.24, 2.45) is 23.7 Å². The standard InChI is InChI=1S/C51H86N6O12/c1-15-41-51(11,64)44(60)33(6)56(13)27-29(2)25-49(9,63)46(31(4)42(32(5)47(62)68-41)40-26-50(10,65-14)45(61)34(7)67-40)69-48-43(59)39(24-30(3)66-48)55(12)22-21-38-28-57(54-53-38)23-20-36-16-18-37(19-17-36)52-35(8)58/h16-19,28-34,39-46,48,59-61,63-64H,15,20-27H2,1-14H3,(H,52,58)/t29-,30-,31+,32-,33-,34+,39+,40-,41-,42?,43-,44-,45+,46-,48+,49-,50-,51-/m1/s1. The van der Waals surface area contributed by atoms with Gasteiger partial charge in [0.15, 0.2) is 6.29 Å². The van der Waals surface area contributed by atoms with Crippen LogP contribution in [0.25, 0.3) is 0 Å². The van der Waals surface area contributed by atoms with E-state index in [0.717, 1.165) is 23.4 Å². The molecule has 1 aromatic heterocycles. The van der Waals surface area contributed by atoms with Crippen molar-refractivity contribution < 1.29 is 58.8 Å². The summed E-state index contributed by atoms with van der Waals surface area (Å²) in [5, 5.41) is 71.6. The summed E-state index contributed by atoms with van der Waals surface area (Å²) in [5.41, 5.74) is -1.80. The first kappa shape index (κ1) is 56.8. The Hall–Kier alpha value is -3.14. The van der Waals surface area contributed by atoms with Gasteiger partial charge in [-0.3, -0.25) is 14.3 Å². The van der Waals surface area contributed by atoms with E-state index in [1.54, 1.807) is 27.7 Å². The molecule has 392 valence electrons. The van der Waals surface area contributed by atoms with Crippen LogP contribution in [0.2, 0.25) is 0 Å². The molecule has 18 atom stereocenters. The van der Waals surface area contributed by atoms with Crippen LogP contribution in [0.15, 0.2) is 30.5 Å². The van der Waals surface area contributed by atoms with Gasteiger partial charge in [-0.2, -0.15) is 0 Å². The van der Waals surface area contributed by atoms with Crippen LogP contribution in [0, 0.1) is 23.7 Å². The number of nitrogens with one attached hydrogen (secondary N) is 1. The Balaban J connectivity index is 1.42. The Labute approximate surface area is 410 Å². The van der Waals surface area contributed by atoms with E-state index in [0.29, 0.717) is 32.5 Å². The summed E-state index contributed by atoms with van der Waals surface area (Å²) in [6, 6.07) is 6.76. The average Bonchev–Trinajstić information content (AvgIpc) is 3.75. The zero-order valence-corrected chi connectivity index (χ0v) is 43.7. The number of cyclic esters (lactones) is 1. The molecule has 0 aliphatic carbocycles. The van der Waals surface area contributed by atoms with Crippen molar-refractivity contribution in [3.05, 3.63) is 41.7 Å². The Morgan fingerprint density at radius 1 is 0.986 bits per heavy atom. The number of likely N-dealkylation sites (N-methyl/N-ethyl adjacent to an activating group) is 2. The summed E-state index contributed by atoms with van der Waals surface area (Å²) in [6.45, 7) is 21.1. The molecule has 69 heavy (non-hydrogen) atoms. The highest BCUT2D eigenvalue weighted by molar-refractivity contribution is 5.88. The predicted molar refractivity (Wildman–Crippen MR) is 260 cm³/mol. The maximum atomic E-state index is 14.6. The van der Waals surface area contributed by atoms with Gasteiger partial charge in [-0.05, 0) is 111 Å². The van der Waals surface area contributed by atoms with Gasteiger partial charge in [-0.15, -0.1) is 5.10 Å². The molecule has 1 unspecified atom stereocenters. The highest BCUT2D eigenvalue weighted by Gasteiger charge is 2.55. The van der Waals surface area contributed by atoms with Gasteiger partial charge < -0.3 is 64.3 Å². The number of hydrogen-bond acceptors (Lipinski definition) is 16. The highest BCUT2D eigenvalue weighted by atomic mass is 16.7. The minimum atomic E-state index is -1.81. The van der Waals surface area contributed by atoms with Crippen molar-refractivity contribution in [3.8, 4) is 0 Å². The van der Waals surface area contributed by atoms with Gasteiger partial charge in [-0.25, -0.2) is 0 Å². The molecule has 3 saturated heterocycles. The summed E-state index contributed by atoms with van der Waals surface area (Å²) in [6.07, 6.45) is -4.07. The number of rotatable bonds is 13. The van der Waals surface area contributed by atoms with Gasteiger partial charge >= 0.3 is 5.97 Å². The van der Waals surface area contributed by atoms with Crippen LogP contribution in [-0.2, 0) is 52.7 Å². The van der Waals surface area contributed by atoms with E-state index < -0.39 is 102 Å². The molecule has 0 radical (unpaired) electrons. The van der Waals surface area contributed by atoms with Gasteiger partial charge in [0, 0.05) is 76.4 Å². The normalized spacial score (nSPS) is 40.2. The maximum absolute atomic E-state index is 14.6. The van der Waals surface area contributed by atoms with Gasteiger partial charge in [0.25, 0.3) is 0 Å². The molecule has 18 nitrogen and oxygen atoms in total. The number of aliphatic hydroxyl groups is 5. The van der Waals surface area contributed by atoms with E-state index in [-0.39, 0.29) is 37.2 Å². The second-order valence-corrected chi connectivity index (χ2v) is 21.6. The molecule has 0 bridgehead atoms. The summed E-state index contributed by atoms with van der Waals surface area (Å²) >= 11 is 0. The number of esters is 1. The number of anilines is 1. The van der Waals surface area contributed by atoms with Crippen molar-refractivity contribution in [3.63, 3.8) is 0 Å². The smallest absolute Gasteiger partial charge is 0.309 e. The van der Waals surface area contributed by atoms with Crippen LogP contribution < -0.4 is 5.32 Å². The van der Waals surface area contributed by atoms with Crippen molar-refractivity contribution >= 4 is 17.6 Å². The largest absolute Gasteiger partial charge is 0.459 e. The predicted octanol–water partition coefficient (Wildman–Crippen LogP) is 3.58. The van der Waals surface area contributed by atoms with Crippen molar-refractivity contribution in [2.45, 2.75) is 205 Å². The number of methoxy groups -OCH3 is 1. The molecule has 0 spiro atoms. The third kappa shape index (κ3) is 13.7. The van der Waals surface area contributed by atoms with Gasteiger partial charge in [-0.1, -0.05) is 45.0 Å². The molecule has 6 N–H and O–H groups in total. The van der Waals surface area contributed by atoms with Crippen LogP contribution in [-0.4, -0.2) is 181 Å². The SMILES string of the molecule is CC[C@H]1OC(=O)[C@H](C)C([C@H]2C[C@@](C)(OC)[C@@H](O)[C@H](C)O2)[C@H](C)[C@@H](O[C@@H]2O[C@H](C)C[C@H](N(C)CCc3cn(CCc4ccc(NC(C)=O)cc4)nn3)[C@H]2O)[C@](C)(O)C[C@@H](C)CN(C)[C@H](C)[C@@H](O)[C@]1(C)O. The molecule has 5 rings (SSSR count). The Morgan fingerprint density at radius 2 is 1.65 bits per heavy atom. The molecule has 3 aliphatic rings. The lowest BCUT2D eigenvalue weighted by molar-refractivity contribution is -0.302. The number of carbonyl (C=O) groups excluding carboxylic acids is 2. The first-order valence-electron chi connectivity index (χ1n) is 25.1. The quantitative estimate of drug-likeness (QED) is 0.158. The van der Waals surface area contributed by atoms with E-state index in [2.05, 4.69) is 20.5 Å². The zero-order chi connectivity index (χ0) is 51.3. The summed E-state index contributed by atoms with van der Waals surface area (Å²) in [4.78, 5) is 30.0. The molecule has 1 aromatic carbocycles. The lowest BCUT2D eigenvalue weighted by atomic mass is 9.68. The number of carbonyl (C=O) groups is 2. The molecular weight excluding hydrogens is 889 g/mol. The second-order valence-electron chi connectivity index (χ2n) is 21.6. The Morgan fingerprint density at radius 3 is 2.28 bits per heavy atom. The van der Waals surface area contributed by atoms with Crippen molar-refractivity contribution in [1.82, 2.24) is 24.8 Å². The number of ether oxygens (including phenoxy) is 5. The van der Waals surface area contributed by atoms with E-state index >= 15 is 0 Å². The molecule has 3 fully saturated rings. The molecule has 18 heteroatoms. The molecule has 2 aromatic rings. The van der Waals surface area contributed by atoms with Gasteiger partial charge in [0.2, 0.25) is 5.91 Å². The third-order valence-corrected chi connectivity index (χ3v) is 15.7. The molecule has 3 aliphatic heterocycles. The topological polar surface area (TPSA) is 231 Å². The molecule has 4 heterocycles. The third-order valence-electron chi connectivity index (χ3n) is 15.7. The number of hydrogen-bond donors (Lipinski definition) is 6. The maximum Gasteiger partial charge on any atom is 0.309 e. The Kier molecular flexibility index (Phi) is 19.4. The fraction of sp³-hybridized carbons (Fsp3) is 0.804. The number of aliphatic hydroxyl groups excluding tert-OH is 3. The lowest BCUT2D eigenvalue weighted by Crippen LogP contribution is -2.62. The second kappa shape index (κ2) is 23.6.